The fraction of sp³-hybridized carbons (Fsp3) is 0.500. The van der Waals surface area contributed by atoms with Gasteiger partial charge in [-0.05, 0) is 88.8 Å². The molecule has 0 N–H and O–H groups in total. The van der Waals surface area contributed by atoms with E-state index in [0.29, 0.717) is 0 Å². The Bertz CT molecular complexity index is 303. The van der Waals surface area contributed by atoms with Gasteiger partial charge in [0, 0.05) is 0 Å². The van der Waals surface area contributed by atoms with Crippen LogP contribution in [0.2, 0.25) is 0 Å². The van der Waals surface area contributed by atoms with Crippen LogP contribution in [0.5, 0.6) is 0 Å². The van der Waals surface area contributed by atoms with Gasteiger partial charge in [-0.2, -0.15) is 0 Å². The largest absolute Gasteiger partial charge is 1.00 e. The predicted octanol–water partition coefficient (Wildman–Crippen LogP) is 8.91. The molecule has 0 spiro atoms. The van der Waals surface area contributed by atoms with Gasteiger partial charge >= 0.3 is 58.4 Å². The van der Waals surface area contributed by atoms with Crippen LogP contribution in [0.4, 0.5) is 0 Å². The quantitative estimate of drug-likeness (QED) is 0.221. The summed E-state index contributed by atoms with van der Waals surface area (Å²) in [5.41, 5.74) is 0. The van der Waals surface area contributed by atoms with Crippen molar-refractivity contribution in [2.24, 2.45) is 0 Å². The van der Waals surface area contributed by atoms with E-state index in [1.54, 1.807) is 0 Å². The number of rotatable bonds is 0. The summed E-state index contributed by atoms with van der Waals surface area (Å²) in [4.78, 5) is 0. The van der Waals surface area contributed by atoms with Gasteiger partial charge < -0.3 is 0 Å². The minimum absolute atomic E-state index is 0. The fourth-order valence-corrected chi connectivity index (χ4v) is 4.22. The molecule has 3 aliphatic carbocycles. The molecule has 3 aliphatic rings. The Morgan fingerprint density at radius 3 is 0.212 bits per heavy atom. The minimum Gasteiger partial charge on any atom is -0.0579 e. The maximum Gasteiger partial charge on any atom is 1.00 e. The van der Waals surface area contributed by atoms with Crippen molar-refractivity contribution in [1.82, 2.24) is 0 Å². The van der Waals surface area contributed by atoms with Crippen molar-refractivity contribution in [1.29, 1.82) is 0 Å². The molecule has 3 saturated carbocycles. The molecule has 0 aromatic heterocycles. The van der Waals surface area contributed by atoms with Crippen LogP contribution in [0.25, 0.3) is 0 Å². The van der Waals surface area contributed by atoms with E-state index in [9.17, 15) is 0 Å². The first kappa shape index (κ1) is 39.4. The first-order chi connectivity index (χ1) is 13.7. The van der Waals surface area contributed by atoms with Gasteiger partial charge in [-0.3, -0.25) is 0 Å². The molecular weight excluding hydrogens is 664 g/mol. The molecular formula is C30H45Ru3+3. The first-order valence-electron chi connectivity index (χ1n) is 11.2. The first-order valence-corrected chi connectivity index (χ1v) is 11.2. The summed E-state index contributed by atoms with van der Waals surface area (Å²) in [5.74, 6) is 22.0. The van der Waals surface area contributed by atoms with Crippen LogP contribution in [0, 0.1) is 88.8 Å². The molecule has 0 heterocycles. The second-order valence-electron chi connectivity index (χ2n) is 9.38. The van der Waals surface area contributed by atoms with Gasteiger partial charge in [-0.15, -0.1) is 0 Å². The Morgan fingerprint density at radius 1 is 0.152 bits per heavy atom. The van der Waals surface area contributed by atoms with Gasteiger partial charge in [-0.1, -0.05) is 104 Å². The van der Waals surface area contributed by atoms with Crippen molar-refractivity contribution >= 4 is 0 Å². The number of hydrogen-bond acceptors (Lipinski definition) is 0. The molecule has 3 heteroatoms. The summed E-state index contributed by atoms with van der Waals surface area (Å²) in [6, 6.07) is 0. The maximum atomic E-state index is 2.20. The van der Waals surface area contributed by atoms with Crippen LogP contribution in [0.15, 0.2) is 0 Å². The van der Waals surface area contributed by atoms with Crippen molar-refractivity contribution in [3.05, 3.63) is 88.8 Å². The van der Waals surface area contributed by atoms with Crippen LogP contribution >= 0.6 is 0 Å². The average Bonchev–Trinajstić information content (AvgIpc) is 3.09. The smallest absolute Gasteiger partial charge is 0.0579 e. The average molecular weight is 709 g/mol. The topological polar surface area (TPSA) is 0 Å². The van der Waals surface area contributed by atoms with Gasteiger partial charge in [0.2, 0.25) is 0 Å². The van der Waals surface area contributed by atoms with Crippen molar-refractivity contribution in [3.63, 3.8) is 0 Å². The molecule has 186 valence electrons. The second-order valence-corrected chi connectivity index (χ2v) is 9.38. The maximum absolute atomic E-state index is 2.20. The summed E-state index contributed by atoms with van der Waals surface area (Å²) >= 11 is 0. The van der Waals surface area contributed by atoms with Crippen LogP contribution in [0.1, 0.15) is 104 Å². The molecule has 0 unspecified atom stereocenters. The SMILES string of the molecule is C[C]1[C](C)[C](C)[C](C)[C]1C.C[C]1[C](C)[C](C)[C](C)[C]1C.C[C]1[C](C)[C](C)[C](C)[C]1C.[Ru+].[Ru+].[Ru+]. The van der Waals surface area contributed by atoms with Crippen LogP contribution in [0.3, 0.4) is 0 Å². The van der Waals surface area contributed by atoms with E-state index in [-0.39, 0.29) is 58.4 Å². The summed E-state index contributed by atoms with van der Waals surface area (Å²) in [6.07, 6.45) is 0. The molecule has 3 rings (SSSR count). The molecule has 0 saturated heterocycles. The van der Waals surface area contributed by atoms with E-state index in [4.69, 9.17) is 0 Å². The summed E-state index contributed by atoms with van der Waals surface area (Å²) in [5, 5.41) is 0. The molecule has 0 nitrogen and oxygen atoms in total. The van der Waals surface area contributed by atoms with Crippen LogP contribution in [-0.2, 0) is 58.4 Å². The van der Waals surface area contributed by atoms with Crippen molar-refractivity contribution in [2.45, 2.75) is 104 Å². The Balaban J connectivity index is -0.000000391. The van der Waals surface area contributed by atoms with Gasteiger partial charge in [0.1, 0.15) is 0 Å². The molecule has 0 atom stereocenters. The van der Waals surface area contributed by atoms with Crippen molar-refractivity contribution in [3.8, 4) is 0 Å². The molecule has 33 heavy (non-hydrogen) atoms. The van der Waals surface area contributed by atoms with Crippen molar-refractivity contribution in [2.75, 3.05) is 0 Å². The normalized spacial score (nSPS) is 25.9. The van der Waals surface area contributed by atoms with E-state index in [1.165, 1.54) is 88.8 Å². The third-order valence-corrected chi connectivity index (χ3v) is 8.44. The third-order valence-electron chi connectivity index (χ3n) is 8.44. The molecule has 3 fully saturated rings. The standard InChI is InChI=1S/3C10H15.3Ru/c3*1-6-7(2)9(4)10(5)8(6)3;;;/h3*1-5H3;;;/q;;;3*+1. The van der Waals surface area contributed by atoms with Crippen molar-refractivity contribution < 1.29 is 58.4 Å². The molecule has 0 bridgehead atoms. The molecule has 0 aliphatic heterocycles. The van der Waals surface area contributed by atoms with E-state index >= 15 is 0 Å². The van der Waals surface area contributed by atoms with Gasteiger partial charge in [-0.25, -0.2) is 0 Å². The van der Waals surface area contributed by atoms with Crippen LogP contribution in [-0.4, -0.2) is 0 Å². The second kappa shape index (κ2) is 16.7. The number of hydrogen-bond donors (Lipinski definition) is 0. The van der Waals surface area contributed by atoms with Gasteiger partial charge in [0.25, 0.3) is 0 Å². The molecule has 18 radical (unpaired) electrons. The third kappa shape index (κ3) is 8.99. The van der Waals surface area contributed by atoms with Crippen LogP contribution < -0.4 is 0 Å². The zero-order chi connectivity index (χ0) is 23.7. The summed E-state index contributed by atoms with van der Waals surface area (Å²) < 4.78 is 0. The zero-order valence-corrected chi connectivity index (χ0v) is 28.8. The molecule has 0 aromatic carbocycles. The summed E-state index contributed by atoms with van der Waals surface area (Å²) in [6.45, 7) is 33.0. The fourth-order valence-electron chi connectivity index (χ4n) is 4.22. The van der Waals surface area contributed by atoms with E-state index in [0.717, 1.165) is 0 Å². The molecule has 0 aromatic rings. The van der Waals surface area contributed by atoms with Gasteiger partial charge in [0.15, 0.2) is 0 Å². The summed E-state index contributed by atoms with van der Waals surface area (Å²) in [7, 11) is 0. The van der Waals surface area contributed by atoms with E-state index < -0.39 is 0 Å². The zero-order valence-electron chi connectivity index (χ0n) is 23.6. The Morgan fingerprint density at radius 2 is 0.182 bits per heavy atom. The molecule has 0 amide bonds. The van der Waals surface area contributed by atoms with E-state index in [2.05, 4.69) is 104 Å². The van der Waals surface area contributed by atoms with Gasteiger partial charge in [0.05, 0.1) is 0 Å². The Hall–Kier alpha value is 1.87. The van der Waals surface area contributed by atoms with E-state index in [1.807, 2.05) is 0 Å². The predicted molar refractivity (Wildman–Crippen MR) is 134 cm³/mol. The Labute approximate surface area is 249 Å². The Kier molecular flexibility index (Phi) is 19.9. The minimum atomic E-state index is 0. The monoisotopic (exact) mass is 711 g/mol.